The molecule has 3 aliphatic rings. The van der Waals surface area contributed by atoms with Gasteiger partial charge in [-0.15, -0.1) is 13.2 Å². The number of nitrogens with zero attached hydrogens (tertiary/aromatic N) is 2. The number of amides is 2. The van der Waals surface area contributed by atoms with Gasteiger partial charge in [0, 0.05) is 25.2 Å². The molecule has 8 nitrogen and oxygen atoms in total. The highest BCUT2D eigenvalue weighted by Crippen LogP contribution is 2.65. The van der Waals surface area contributed by atoms with E-state index in [0.29, 0.717) is 38.8 Å². The van der Waals surface area contributed by atoms with Crippen molar-refractivity contribution in [1.82, 2.24) is 9.80 Å². The lowest BCUT2D eigenvalue weighted by atomic mass is 9.62. The molecule has 0 saturated carbocycles. The number of hydrogen-bond donors (Lipinski definition) is 1. The molecule has 220 valence electrons. The number of carbonyl (C=O) groups is 3. The molecule has 2 bridgehead atoms. The van der Waals surface area contributed by atoms with Gasteiger partial charge in [-0.3, -0.25) is 14.4 Å². The van der Waals surface area contributed by atoms with Gasteiger partial charge in [0.15, 0.2) is 0 Å². The summed E-state index contributed by atoms with van der Waals surface area (Å²) in [7, 11) is 0. The molecule has 1 spiro atoms. The molecule has 6 atom stereocenters. The van der Waals surface area contributed by atoms with E-state index in [9.17, 15) is 19.5 Å². The molecule has 0 aromatic heterocycles. The van der Waals surface area contributed by atoms with E-state index < -0.39 is 40.6 Å². The predicted molar refractivity (Wildman–Crippen MR) is 151 cm³/mol. The van der Waals surface area contributed by atoms with Gasteiger partial charge in [-0.25, -0.2) is 0 Å². The Balaban J connectivity index is 2.10. The normalized spacial score (nSPS) is 31.8. The molecule has 39 heavy (non-hydrogen) atoms. The van der Waals surface area contributed by atoms with Crippen LogP contribution in [0.25, 0.3) is 0 Å². The van der Waals surface area contributed by atoms with Crippen LogP contribution >= 0.6 is 0 Å². The maximum absolute atomic E-state index is 14.7. The molecule has 3 fully saturated rings. The van der Waals surface area contributed by atoms with Crippen molar-refractivity contribution in [3.63, 3.8) is 0 Å². The van der Waals surface area contributed by atoms with Crippen LogP contribution in [0, 0.1) is 23.2 Å². The minimum atomic E-state index is -1.12. The van der Waals surface area contributed by atoms with E-state index in [0.717, 1.165) is 6.42 Å². The second kappa shape index (κ2) is 11.4. The summed E-state index contributed by atoms with van der Waals surface area (Å²) in [5.41, 5.74) is -2.60. The highest BCUT2D eigenvalue weighted by molar-refractivity contribution is 5.98. The molecule has 0 aromatic rings. The van der Waals surface area contributed by atoms with Gasteiger partial charge in [0.05, 0.1) is 18.1 Å². The van der Waals surface area contributed by atoms with E-state index in [1.807, 2.05) is 18.7 Å². The number of aliphatic hydroxyl groups excluding tert-OH is 1. The van der Waals surface area contributed by atoms with Crippen LogP contribution in [-0.2, 0) is 23.9 Å². The van der Waals surface area contributed by atoms with E-state index in [1.54, 1.807) is 17.1 Å². The molecule has 3 rings (SSSR count). The number of rotatable bonds is 13. The molecule has 0 aliphatic carbocycles. The molecule has 8 heteroatoms. The average Bonchev–Trinajstić information content (AvgIpc) is 3.32. The zero-order valence-electron chi connectivity index (χ0n) is 25.1. The first-order valence-corrected chi connectivity index (χ1v) is 14.4. The Kier molecular flexibility index (Phi) is 9.13. The molecule has 0 aromatic carbocycles. The van der Waals surface area contributed by atoms with Crippen LogP contribution in [0.2, 0.25) is 0 Å². The van der Waals surface area contributed by atoms with Crippen molar-refractivity contribution in [3.05, 3.63) is 25.3 Å². The second-order valence-corrected chi connectivity index (χ2v) is 13.7. The van der Waals surface area contributed by atoms with Crippen LogP contribution in [-0.4, -0.2) is 81.8 Å². The monoisotopic (exact) mass is 546 g/mol. The van der Waals surface area contributed by atoms with E-state index in [2.05, 4.69) is 47.8 Å². The summed E-state index contributed by atoms with van der Waals surface area (Å²) in [6.07, 6.45) is 6.23. The van der Waals surface area contributed by atoms with Gasteiger partial charge in [0.1, 0.15) is 17.6 Å². The first kappa shape index (κ1) is 31.3. The highest BCUT2D eigenvalue weighted by atomic mass is 16.6. The maximum Gasteiger partial charge on any atom is 0.312 e. The summed E-state index contributed by atoms with van der Waals surface area (Å²) in [5.74, 6) is -2.52. The smallest absolute Gasteiger partial charge is 0.312 e. The summed E-state index contributed by atoms with van der Waals surface area (Å²) in [5, 5.41) is 9.42. The van der Waals surface area contributed by atoms with E-state index in [-0.39, 0.29) is 36.4 Å². The third kappa shape index (κ3) is 5.56. The Morgan fingerprint density at radius 1 is 1.21 bits per heavy atom. The van der Waals surface area contributed by atoms with Crippen LogP contribution in [0.1, 0.15) is 80.6 Å². The van der Waals surface area contributed by atoms with Crippen molar-refractivity contribution >= 4 is 17.8 Å². The summed E-state index contributed by atoms with van der Waals surface area (Å²) < 4.78 is 12.4. The number of hydrogen-bond acceptors (Lipinski definition) is 6. The molecule has 3 unspecified atom stereocenters. The molecule has 2 amide bonds. The lowest BCUT2D eigenvalue weighted by Gasteiger charge is -2.45. The van der Waals surface area contributed by atoms with Gasteiger partial charge in [-0.05, 0) is 64.2 Å². The maximum atomic E-state index is 14.7. The Hall–Kier alpha value is -2.19. The molecular formula is C31H50N2O6. The number of unbranched alkanes of at least 4 members (excludes halogenated alkanes) is 1. The third-order valence-corrected chi connectivity index (χ3v) is 8.95. The first-order chi connectivity index (χ1) is 18.1. The number of carbonyl (C=O) groups excluding carboxylic acids is 3. The predicted octanol–water partition coefficient (Wildman–Crippen LogP) is 4.12. The topological polar surface area (TPSA) is 96.4 Å². The third-order valence-electron chi connectivity index (χ3n) is 8.95. The minimum Gasteiger partial charge on any atom is -0.465 e. The van der Waals surface area contributed by atoms with Crippen LogP contribution in [0.5, 0.6) is 0 Å². The fraction of sp³-hybridized carbons (Fsp3) is 0.774. The highest BCUT2D eigenvalue weighted by Gasteiger charge is 2.80. The lowest BCUT2D eigenvalue weighted by molar-refractivity contribution is -0.163. The van der Waals surface area contributed by atoms with Crippen LogP contribution in [0.4, 0.5) is 0 Å². The Morgan fingerprint density at radius 2 is 1.87 bits per heavy atom. The molecular weight excluding hydrogens is 496 g/mol. The van der Waals surface area contributed by atoms with Gasteiger partial charge in [-0.1, -0.05) is 39.8 Å². The Morgan fingerprint density at radius 3 is 2.44 bits per heavy atom. The van der Waals surface area contributed by atoms with Gasteiger partial charge in [-0.2, -0.15) is 0 Å². The SMILES string of the molecule is C=CCCOC(=O)[C@H]1[C@H]2C(=O)N(CCCCO)C(C(=O)N(CC=C)C(C)(C)CC(C)(C)C)C23CC(C)[C@]1(C)O3. The van der Waals surface area contributed by atoms with Crippen LogP contribution in [0.15, 0.2) is 25.3 Å². The summed E-state index contributed by atoms with van der Waals surface area (Å²) >= 11 is 0. The van der Waals surface area contributed by atoms with E-state index in [1.165, 1.54) is 0 Å². The Bertz CT molecular complexity index is 971. The fourth-order valence-corrected chi connectivity index (χ4v) is 7.65. The van der Waals surface area contributed by atoms with Crippen molar-refractivity contribution in [2.75, 3.05) is 26.3 Å². The van der Waals surface area contributed by atoms with Crippen molar-refractivity contribution < 1.29 is 29.0 Å². The van der Waals surface area contributed by atoms with Crippen LogP contribution in [0.3, 0.4) is 0 Å². The number of ether oxygens (including phenoxy) is 2. The van der Waals surface area contributed by atoms with Gasteiger partial charge >= 0.3 is 5.97 Å². The summed E-state index contributed by atoms with van der Waals surface area (Å²) in [4.78, 5) is 45.9. The fourth-order valence-electron chi connectivity index (χ4n) is 7.65. The molecule has 3 saturated heterocycles. The molecule has 1 N–H and O–H groups in total. The van der Waals surface area contributed by atoms with Gasteiger partial charge in [0.25, 0.3) is 0 Å². The first-order valence-electron chi connectivity index (χ1n) is 14.4. The number of fused-ring (bicyclic) bond motifs is 1. The van der Waals surface area contributed by atoms with Crippen molar-refractivity contribution in [2.45, 2.75) is 103 Å². The lowest BCUT2D eigenvalue weighted by Crippen LogP contribution is -2.61. The largest absolute Gasteiger partial charge is 0.465 e. The van der Waals surface area contributed by atoms with E-state index in [4.69, 9.17) is 9.47 Å². The van der Waals surface area contributed by atoms with Crippen LogP contribution < -0.4 is 0 Å². The zero-order valence-corrected chi connectivity index (χ0v) is 25.1. The number of esters is 1. The quantitative estimate of drug-likeness (QED) is 0.212. The summed E-state index contributed by atoms with van der Waals surface area (Å²) in [6.45, 7) is 22.9. The van der Waals surface area contributed by atoms with Crippen molar-refractivity contribution in [3.8, 4) is 0 Å². The molecule has 3 aliphatic heterocycles. The Labute approximate surface area is 234 Å². The van der Waals surface area contributed by atoms with Gasteiger partial charge in [0.2, 0.25) is 11.8 Å². The number of aliphatic hydroxyl groups is 1. The zero-order chi connectivity index (χ0) is 29.4. The number of likely N-dealkylation sites (tertiary alicyclic amines) is 1. The molecule has 0 radical (unpaired) electrons. The minimum absolute atomic E-state index is 0.000275. The second-order valence-electron chi connectivity index (χ2n) is 13.7. The average molecular weight is 547 g/mol. The van der Waals surface area contributed by atoms with Gasteiger partial charge < -0.3 is 24.4 Å². The standard InChI is InChI=1S/C31H50N2O6/c1-10-12-18-38-27(37)23-22-25(35)32(16-13-14-17-34)24(31(22)19-21(3)30(23,9)39-31)26(36)33(15-11-2)29(7,8)20-28(4,5)6/h10-11,21-24,34H,1-2,12-20H2,3-9H3/t21?,22-,23+,24?,30-,31?/m0/s1. The van der Waals surface area contributed by atoms with Crippen molar-refractivity contribution in [2.24, 2.45) is 23.2 Å². The summed E-state index contributed by atoms with van der Waals surface area (Å²) in [6, 6.07) is -0.872. The van der Waals surface area contributed by atoms with Crippen molar-refractivity contribution in [1.29, 1.82) is 0 Å². The molecule has 3 heterocycles. The van der Waals surface area contributed by atoms with E-state index >= 15 is 0 Å².